The van der Waals surface area contributed by atoms with Crippen LogP contribution in [0.15, 0.2) is 0 Å². The Morgan fingerprint density at radius 2 is 1.52 bits per heavy atom. The highest BCUT2D eigenvalue weighted by atomic mass is 16.7. The Kier molecular flexibility index (Phi) is 14.6. The highest BCUT2D eigenvalue weighted by Gasteiger charge is 2.43. The molecule has 4 nitrogen and oxygen atoms in total. The number of unbranched alkanes of at least 4 members (excludes halogenated alkanes) is 11. The number of carbonyl (C=O) groups excluding carboxylic acids is 1. The molecule has 2 aliphatic heterocycles. The van der Waals surface area contributed by atoms with E-state index in [0.717, 1.165) is 45.1 Å². The highest BCUT2D eigenvalue weighted by Crippen LogP contribution is 2.33. The van der Waals surface area contributed by atoms with Crippen molar-refractivity contribution in [2.24, 2.45) is 5.92 Å². The summed E-state index contributed by atoms with van der Waals surface area (Å²) >= 11 is 0. The molecule has 0 saturated carbocycles. The SMILES string of the molecule is CCCCCCCCCCCC(CC1OC(=O)C1CCCCCC)OC1CCCCO1. The van der Waals surface area contributed by atoms with E-state index in [1.54, 1.807) is 0 Å². The molecule has 2 aliphatic rings. The maximum absolute atomic E-state index is 12.0. The smallest absolute Gasteiger partial charge is 0.313 e. The molecule has 0 aliphatic carbocycles. The van der Waals surface area contributed by atoms with Crippen LogP contribution in [0.2, 0.25) is 0 Å². The number of hydrogen-bond acceptors (Lipinski definition) is 4. The molecule has 31 heavy (non-hydrogen) atoms. The molecule has 4 unspecified atom stereocenters. The van der Waals surface area contributed by atoms with E-state index in [-0.39, 0.29) is 30.4 Å². The normalized spacial score (nSPS) is 24.6. The van der Waals surface area contributed by atoms with Crippen molar-refractivity contribution in [1.29, 1.82) is 0 Å². The van der Waals surface area contributed by atoms with Crippen molar-refractivity contribution in [3.05, 3.63) is 0 Å². The van der Waals surface area contributed by atoms with Gasteiger partial charge in [0.15, 0.2) is 6.29 Å². The third-order valence-electron chi connectivity index (χ3n) is 6.99. The van der Waals surface area contributed by atoms with Gasteiger partial charge < -0.3 is 14.2 Å². The maximum atomic E-state index is 12.0. The van der Waals surface area contributed by atoms with E-state index in [0.29, 0.717) is 0 Å². The molecule has 0 N–H and O–H groups in total. The van der Waals surface area contributed by atoms with E-state index in [2.05, 4.69) is 13.8 Å². The monoisotopic (exact) mass is 438 g/mol. The van der Waals surface area contributed by atoms with Crippen molar-refractivity contribution >= 4 is 5.97 Å². The van der Waals surface area contributed by atoms with Crippen LogP contribution in [0.25, 0.3) is 0 Å². The summed E-state index contributed by atoms with van der Waals surface area (Å²) in [7, 11) is 0. The molecule has 0 radical (unpaired) electrons. The fourth-order valence-electron chi connectivity index (χ4n) is 4.92. The van der Waals surface area contributed by atoms with E-state index in [1.165, 1.54) is 83.5 Å². The quantitative estimate of drug-likeness (QED) is 0.153. The van der Waals surface area contributed by atoms with Crippen LogP contribution in [-0.2, 0) is 19.0 Å². The second-order valence-electron chi connectivity index (χ2n) is 9.84. The number of ether oxygens (including phenoxy) is 3. The average Bonchev–Trinajstić information content (AvgIpc) is 2.78. The number of hydrogen-bond donors (Lipinski definition) is 0. The van der Waals surface area contributed by atoms with Crippen molar-refractivity contribution < 1.29 is 19.0 Å². The molecule has 0 bridgehead atoms. The first kappa shape index (κ1) is 26.6. The lowest BCUT2D eigenvalue weighted by Crippen LogP contribution is -2.47. The minimum atomic E-state index is -0.0592. The van der Waals surface area contributed by atoms with Crippen LogP contribution in [0.5, 0.6) is 0 Å². The molecule has 2 heterocycles. The summed E-state index contributed by atoms with van der Waals surface area (Å²) in [6, 6.07) is 0. The number of cyclic esters (lactones) is 1. The molecule has 182 valence electrons. The second-order valence-corrected chi connectivity index (χ2v) is 9.84. The summed E-state index contributed by atoms with van der Waals surface area (Å²) in [4.78, 5) is 12.0. The van der Waals surface area contributed by atoms with Crippen LogP contribution in [0.4, 0.5) is 0 Å². The minimum absolute atomic E-state index is 0.0113. The third kappa shape index (κ3) is 11.2. The molecule has 0 amide bonds. The molecule has 4 atom stereocenters. The van der Waals surface area contributed by atoms with Gasteiger partial charge in [-0.1, -0.05) is 97.3 Å². The summed E-state index contributed by atoms with van der Waals surface area (Å²) in [5.41, 5.74) is 0. The van der Waals surface area contributed by atoms with Crippen LogP contribution in [0.3, 0.4) is 0 Å². The zero-order valence-electron chi connectivity index (χ0n) is 20.6. The fourth-order valence-corrected chi connectivity index (χ4v) is 4.92. The Hall–Kier alpha value is -0.610. The molecular formula is C27H50O4. The molecule has 4 heteroatoms. The molecule has 0 aromatic heterocycles. The molecule has 0 spiro atoms. The van der Waals surface area contributed by atoms with Crippen molar-refractivity contribution in [1.82, 2.24) is 0 Å². The second kappa shape index (κ2) is 16.9. The fraction of sp³-hybridized carbons (Fsp3) is 0.963. The van der Waals surface area contributed by atoms with Crippen LogP contribution < -0.4 is 0 Å². The molecule has 0 aromatic rings. The van der Waals surface area contributed by atoms with E-state index in [4.69, 9.17) is 14.2 Å². The zero-order valence-corrected chi connectivity index (χ0v) is 20.6. The Labute approximate surface area is 192 Å². The Bertz CT molecular complexity index is 447. The van der Waals surface area contributed by atoms with Crippen LogP contribution in [0, 0.1) is 5.92 Å². The van der Waals surface area contributed by atoms with E-state index >= 15 is 0 Å². The third-order valence-corrected chi connectivity index (χ3v) is 6.99. The lowest BCUT2D eigenvalue weighted by Gasteiger charge is -2.38. The van der Waals surface area contributed by atoms with Gasteiger partial charge in [0.1, 0.15) is 6.10 Å². The largest absolute Gasteiger partial charge is 0.461 e. The van der Waals surface area contributed by atoms with Crippen molar-refractivity contribution in [2.45, 2.75) is 154 Å². The van der Waals surface area contributed by atoms with Gasteiger partial charge in [-0.2, -0.15) is 0 Å². The first-order chi connectivity index (χ1) is 15.2. The van der Waals surface area contributed by atoms with Gasteiger partial charge in [-0.3, -0.25) is 4.79 Å². The predicted octanol–water partition coefficient (Wildman–Crippen LogP) is 7.72. The Morgan fingerprint density at radius 3 is 2.13 bits per heavy atom. The van der Waals surface area contributed by atoms with Crippen LogP contribution in [-0.4, -0.2) is 31.1 Å². The summed E-state index contributed by atoms with van der Waals surface area (Å²) in [5.74, 6) is 0.107. The zero-order chi connectivity index (χ0) is 22.2. The van der Waals surface area contributed by atoms with Crippen LogP contribution >= 0.6 is 0 Å². The number of carbonyl (C=O) groups is 1. The van der Waals surface area contributed by atoms with Gasteiger partial charge in [0.2, 0.25) is 0 Å². The first-order valence-electron chi connectivity index (χ1n) is 13.7. The molecule has 0 aromatic carbocycles. The van der Waals surface area contributed by atoms with Crippen molar-refractivity contribution in [3.63, 3.8) is 0 Å². The lowest BCUT2D eigenvalue weighted by molar-refractivity contribution is -0.211. The summed E-state index contributed by atoms with van der Waals surface area (Å²) in [6.07, 6.45) is 23.3. The maximum Gasteiger partial charge on any atom is 0.313 e. The van der Waals surface area contributed by atoms with E-state index in [1.807, 2.05) is 0 Å². The van der Waals surface area contributed by atoms with Crippen molar-refractivity contribution in [2.75, 3.05) is 6.61 Å². The standard InChI is InChI=1S/C27H50O4/c1-3-5-7-9-10-11-12-13-14-18-23(30-26-20-16-17-21-29-26)22-25-24(27(28)31-25)19-15-8-6-4-2/h23-26H,3-22H2,1-2H3. The predicted molar refractivity (Wildman–Crippen MR) is 127 cm³/mol. The van der Waals surface area contributed by atoms with Crippen molar-refractivity contribution in [3.8, 4) is 0 Å². The molecular weight excluding hydrogens is 388 g/mol. The van der Waals surface area contributed by atoms with Gasteiger partial charge in [-0.05, 0) is 32.1 Å². The highest BCUT2D eigenvalue weighted by molar-refractivity contribution is 5.78. The average molecular weight is 439 g/mol. The number of esters is 1. The van der Waals surface area contributed by atoms with E-state index < -0.39 is 0 Å². The van der Waals surface area contributed by atoms with Gasteiger partial charge in [0, 0.05) is 13.0 Å². The molecule has 2 fully saturated rings. The summed E-state index contributed by atoms with van der Waals surface area (Å²) in [6.45, 7) is 5.31. The lowest BCUT2D eigenvalue weighted by atomic mass is 9.86. The van der Waals surface area contributed by atoms with Gasteiger partial charge in [-0.15, -0.1) is 0 Å². The Balaban J connectivity index is 1.69. The molecule has 2 rings (SSSR count). The Morgan fingerprint density at radius 1 is 0.871 bits per heavy atom. The van der Waals surface area contributed by atoms with Gasteiger partial charge in [0.25, 0.3) is 0 Å². The minimum Gasteiger partial charge on any atom is -0.461 e. The molecule has 2 saturated heterocycles. The topological polar surface area (TPSA) is 44.8 Å². The van der Waals surface area contributed by atoms with Crippen LogP contribution in [0.1, 0.15) is 136 Å². The van der Waals surface area contributed by atoms with Gasteiger partial charge in [0.05, 0.1) is 12.0 Å². The summed E-state index contributed by atoms with van der Waals surface area (Å²) in [5, 5.41) is 0. The first-order valence-corrected chi connectivity index (χ1v) is 13.7. The summed E-state index contributed by atoms with van der Waals surface area (Å²) < 4.78 is 17.8. The van der Waals surface area contributed by atoms with Gasteiger partial charge in [-0.25, -0.2) is 0 Å². The van der Waals surface area contributed by atoms with E-state index in [9.17, 15) is 4.79 Å². The van der Waals surface area contributed by atoms with Gasteiger partial charge >= 0.3 is 5.97 Å². The number of rotatable bonds is 19.